The van der Waals surface area contributed by atoms with Gasteiger partial charge in [0.25, 0.3) is 0 Å². The van der Waals surface area contributed by atoms with E-state index >= 15 is 0 Å². The fourth-order valence-electron chi connectivity index (χ4n) is 4.61. The van der Waals surface area contributed by atoms with Crippen LogP contribution < -0.4 is 0 Å². The highest BCUT2D eigenvalue weighted by atomic mass is 15.1. The molecule has 8 bridgehead atoms. The normalized spacial score (nSPS) is 12.2. The highest BCUT2D eigenvalue weighted by Gasteiger charge is 2.09. The molecule has 0 aromatic carbocycles. The van der Waals surface area contributed by atoms with Crippen LogP contribution in [0.4, 0.5) is 0 Å². The second kappa shape index (κ2) is 8.29. The zero-order valence-electron chi connectivity index (χ0n) is 19.2. The van der Waals surface area contributed by atoms with Crippen molar-refractivity contribution in [1.29, 1.82) is 0 Å². The Morgan fingerprint density at radius 3 is 1.08 bits per heavy atom. The van der Waals surface area contributed by atoms with Crippen molar-refractivity contribution in [3.05, 3.63) is 120 Å². The van der Waals surface area contributed by atoms with Gasteiger partial charge in [0.15, 0.2) is 0 Å². The minimum absolute atomic E-state index is 0.845. The average Bonchev–Trinajstić information content (AvgIpc) is 3.70. The van der Waals surface area contributed by atoms with E-state index in [-0.39, 0.29) is 0 Å². The molecular formula is C30H20N6. The summed E-state index contributed by atoms with van der Waals surface area (Å²) in [5, 5.41) is 0. The van der Waals surface area contributed by atoms with Crippen LogP contribution in [0.25, 0.3) is 58.0 Å². The molecule has 0 saturated heterocycles. The first-order chi connectivity index (χ1) is 17.8. The van der Waals surface area contributed by atoms with E-state index in [4.69, 9.17) is 9.97 Å². The second-order valence-electron chi connectivity index (χ2n) is 8.58. The van der Waals surface area contributed by atoms with Crippen molar-refractivity contribution in [2.45, 2.75) is 0 Å². The molecule has 0 fully saturated rings. The Kier molecular flexibility index (Phi) is 4.67. The van der Waals surface area contributed by atoms with E-state index in [0.29, 0.717) is 0 Å². The number of nitrogens with zero attached hydrogens (tertiary/aromatic N) is 6. The largest absolute Gasteiger partial charge is 0.295 e. The lowest BCUT2D eigenvalue weighted by Crippen LogP contribution is -1.96. The van der Waals surface area contributed by atoms with Crippen LogP contribution in [-0.4, -0.2) is 29.1 Å². The Morgan fingerprint density at radius 2 is 0.778 bits per heavy atom. The van der Waals surface area contributed by atoms with Crippen molar-refractivity contribution in [1.82, 2.24) is 29.1 Å². The van der Waals surface area contributed by atoms with Crippen LogP contribution in [-0.2, 0) is 0 Å². The summed E-state index contributed by atoms with van der Waals surface area (Å²) in [6.07, 6.45) is 11.8. The van der Waals surface area contributed by atoms with Gasteiger partial charge in [-0.2, -0.15) is 0 Å². The van der Waals surface area contributed by atoms with E-state index in [1.165, 1.54) is 0 Å². The molecule has 7 rings (SSSR count). The first-order valence-corrected chi connectivity index (χ1v) is 11.7. The summed E-state index contributed by atoms with van der Waals surface area (Å²) in [6, 6.07) is 28.5. The number of pyridine rings is 2. The van der Waals surface area contributed by atoms with Crippen molar-refractivity contribution < 1.29 is 0 Å². The summed E-state index contributed by atoms with van der Waals surface area (Å²) >= 11 is 0. The minimum Gasteiger partial charge on any atom is -0.295 e. The predicted octanol–water partition coefficient (Wildman–Crippen LogP) is 6.37. The molecule has 0 atom stereocenters. The van der Waals surface area contributed by atoms with Gasteiger partial charge < -0.3 is 0 Å². The van der Waals surface area contributed by atoms with Crippen molar-refractivity contribution in [2.75, 3.05) is 0 Å². The van der Waals surface area contributed by atoms with E-state index in [1.54, 1.807) is 12.4 Å². The van der Waals surface area contributed by atoms with Crippen molar-refractivity contribution >= 4 is 46.4 Å². The monoisotopic (exact) mass is 464 g/mol. The SMILES string of the molecule is C1=Cc2cc3ccc(cc4nc(cc5ccc(cc1n2)n5-c1ccccn1)C=C4)n3-c1ccccn1. The lowest BCUT2D eigenvalue weighted by atomic mass is 10.3. The maximum absolute atomic E-state index is 4.88. The third-order valence-corrected chi connectivity index (χ3v) is 6.19. The molecule has 7 heterocycles. The molecule has 6 heteroatoms. The first-order valence-electron chi connectivity index (χ1n) is 11.7. The molecule has 0 saturated carbocycles. The van der Waals surface area contributed by atoms with Gasteiger partial charge in [-0.15, -0.1) is 0 Å². The third-order valence-electron chi connectivity index (χ3n) is 6.19. The summed E-state index contributed by atoms with van der Waals surface area (Å²) in [7, 11) is 0. The van der Waals surface area contributed by atoms with Crippen LogP contribution in [0, 0.1) is 0 Å². The van der Waals surface area contributed by atoms with Gasteiger partial charge in [0.2, 0.25) is 0 Å². The molecule has 0 spiro atoms. The van der Waals surface area contributed by atoms with Crippen LogP contribution >= 0.6 is 0 Å². The molecule has 170 valence electrons. The van der Waals surface area contributed by atoms with Crippen molar-refractivity contribution in [2.24, 2.45) is 0 Å². The predicted molar refractivity (Wildman–Crippen MR) is 144 cm³/mol. The van der Waals surface area contributed by atoms with Crippen LogP contribution in [0.5, 0.6) is 0 Å². The maximum atomic E-state index is 4.88. The van der Waals surface area contributed by atoms with Gasteiger partial charge in [-0.3, -0.25) is 9.13 Å². The van der Waals surface area contributed by atoms with E-state index in [0.717, 1.165) is 56.5 Å². The third kappa shape index (κ3) is 3.61. The van der Waals surface area contributed by atoms with E-state index < -0.39 is 0 Å². The van der Waals surface area contributed by atoms with Crippen LogP contribution in [0.3, 0.4) is 0 Å². The number of hydrogen-bond acceptors (Lipinski definition) is 4. The molecule has 5 aromatic heterocycles. The molecule has 0 amide bonds. The zero-order chi connectivity index (χ0) is 23.9. The van der Waals surface area contributed by atoms with Crippen molar-refractivity contribution in [3.8, 4) is 11.6 Å². The van der Waals surface area contributed by atoms with Gasteiger partial charge in [0.05, 0.1) is 22.8 Å². The Labute approximate surface area is 207 Å². The van der Waals surface area contributed by atoms with Crippen molar-refractivity contribution in [3.63, 3.8) is 0 Å². The highest BCUT2D eigenvalue weighted by molar-refractivity contribution is 5.79. The van der Waals surface area contributed by atoms with E-state index in [2.05, 4.69) is 67.6 Å². The highest BCUT2D eigenvalue weighted by Crippen LogP contribution is 2.24. The Morgan fingerprint density at radius 1 is 0.417 bits per heavy atom. The molecule has 6 nitrogen and oxygen atoms in total. The summed E-state index contributed by atoms with van der Waals surface area (Å²) < 4.78 is 4.25. The lowest BCUT2D eigenvalue weighted by molar-refractivity contribution is 1.07. The standard InChI is InChI=1S/C30H20N6/c1-3-15-31-29(5-1)35-25-11-12-26(35)18-22-8-10-24(34-22)20-28-14-13-27(19-23-9-7-21(17-25)33-23)36(28)30-6-2-4-16-32-30/h1-20H. The van der Waals surface area contributed by atoms with E-state index in [9.17, 15) is 0 Å². The number of hydrogen-bond donors (Lipinski definition) is 0. The molecule has 0 radical (unpaired) electrons. The Bertz CT molecular complexity index is 1600. The fourth-order valence-corrected chi connectivity index (χ4v) is 4.61. The number of rotatable bonds is 2. The van der Waals surface area contributed by atoms with Crippen LogP contribution in [0.15, 0.2) is 97.3 Å². The molecule has 5 aromatic rings. The lowest BCUT2D eigenvalue weighted by Gasteiger charge is -2.05. The second-order valence-corrected chi connectivity index (χ2v) is 8.58. The van der Waals surface area contributed by atoms with Crippen LogP contribution in [0.2, 0.25) is 0 Å². The van der Waals surface area contributed by atoms with Gasteiger partial charge in [-0.05, 0) is 97.1 Å². The number of aromatic nitrogens is 6. The van der Waals surface area contributed by atoms with E-state index in [1.807, 2.05) is 60.7 Å². The molecule has 0 unspecified atom stereocenters. The van der Waals surface area contributed by atoms with Gasteiger partial charge in [0.1, 0.15) is 11.6 Å². The topological polar surface area (TPSA) is 61.4 Å². The molecule has 0 N–H and O–H groups in total. The fraction of sp³-hybridized carbons (Fsp3) is 0. The van der Waals surface area contributed by atoms with Gasteiger partial charge >= 0.3 is 0 Å². The maximum Gasteiger partial charge on any atom is 0.137 e. The first kappa shape index (κ1) is 20.3. The minimum atomic E-state index is 0.845. The molecule has 2 aliphatic rings. The van der Waals surface area contributed by atoms with Gasteiger partial charge in [-0.25, -0.2) is 19.9 Å². The smallest absolute Gasteiger partial charge is 0.137 e. The molecular weight excluding hydrogens is 444 g/mol. The molecule has 2 aliphatic heterocycles. The zero-order valence-corrected chi connectivity index (χ0v) is 19.2. The Balaban J connectivity index is 1.58. The Hall–Kier alpha value is -5.10. The van der Waals surface area contributed by atoms with Gasteiger partial charge in [-0.1, -0.05) is 12.1 Å². The quantitative estimate of drug-likeness (QED) is 0.298. The summed E-state index contributed by atoms with van der Waals surface area (Å²) in [6.45, 7) is 0. The summed E-state index contributed by atoms with van der Waals surface area (Å²) in [5.41, 5.74) is 7.50. The molecule has 0 aliphatic carbocycles. The molecule has 36 heavy (non-hydrogen) atoms. The number of fused-ring (bicyclic) bond motifs is 8. The van der Waals surface area contributed by atoms with Crippen LogP contribution in [0.1, 0.15) is 22.8 Å². The summed E-state index contributed by atoms with van der Waals surface area (Å²) in [5.74, 6) is 1.69. The summed E-state index contributed by atoms with van der Waals surface area (Å²) in [4.78, 5) is 19.0. The average molecular weight is 465 g/mol. The van der Waals surface area contributed by atoms with Gasteiger partial charge in [0, 0.05) is 34.5 Å².